The second-order valence-corrected chi connectivity index (χ2v) is 9.22. The number of aryl methyl sites for hydroxylation is 1. The first-order valence-corrected chi connectivity index (χ1v) is 12.2. The molecule has 1 fully saturated rings. The van der Waals surface area contributed by atoms with Crippen LogP contribution < -0.4 is 10.1 Å². The van der Waals surface area contributed by atoms with Gasteiger partial charge in [0.25, 0.3) is 5.91 Å². The maximum absolute atomic E-state index is 12.7. The van der Waals surface area contributed by atoms with Crippen molar-refractivity contribution in [1.29, 1.82) is 0 Å². The Morgan fingerprint density at radius 1 is 1.14 bits per heavy atom. The van der Waals surface area contributed by atoms with E-state index in [1.165, 1.54) is 19.3 Å². The molecule has 1 heterocycles. The first-order chi connectivity index (χ1) is 16.0. The number of hydrogen-bond donors (Lipinski definition) is 2. The number of ether oxygens (including phenoxy) is 1. The molecule has 0 unspecified atom stereocenters. The number of nitrogens with zero attached hydrogens (tertiary/aromatic N) is 3. The van der Waals surface area contributed by atoms with Gasteiger partial charge in [-0.3, -0.25) is 4.79 Å². The van der Waals surface area contributed by atoms with Crippen LogP contribution >= 0.6 is 24.8 Å². The summed E-state index contributed by atoms with van der Waals surface area (Å²) in [4.78, 5) is 14.5. The number of aliphatic hydroxyl groups excluding tert-OH is 1. The van der Waals surface area contributed by atoms with E-state index in [1.807, 2.05) is 49.3 Å². The standard InChI is InChI=1S/C26H38N4O3.2ClH/c1-4-5-11-24-23(16-25(29-28-24)26(32)27-17-20(31)18-30(2)3)19-12-14-22(15-13-19)33-21-9-7-6-8-10-21;;/h12-16,20-21,31H,4-11,17-18H2,1-3H3,(H,27,32);2*1H/t20-;;/m1../s1. The SMILES string of the molecule is CCCCc1nnc(C(=O)NC[C@@H](O)CN(C)C)cc1-c1ccc(OC2CCCCC2)cc1.Cl.Cl. The number of aromatic nitrogens is 2. The zero-order valence-electron chi connectivity index (χ0n) is 21.0. The van der Waals surface area contributed by atoms with E-state index in [9.17, 15) is 9.90 Å². The molecule has 196 valence electrons. The van der Waals surface area contributed by atoms with E-state index in [0.29, 0.717) is 12.6 Å². The molecule has 1 atom stereocenters. The smallest absolute Gasteiger partial charge is 0.271 e. The summed E-state index contributed by atoms with van der Waals surface area (Å²) in [5, 5.41) is 21.4. The van der Waals surface area contributed by atoms with Crippen molar-refractivity contribution in [3.05, 3.63) is 41.7 Å². The van der Waals surface area contributed by atoms with Gasteiger partial charge in [-0.25, -0.2) is 0 Å². The average molecular weight is 528 g/mol. The molecule has 2 aromatic rings. The Labute approximate surface area is 221 Å². The van der Waals surface area contributed by atoms with E-state index >= 15 is 0 Å². The summed E-state index contributed by atoms with van der Waals surface area (Å²) in [5.74, 6) is 0.552. The lowest BCUT2D eigenvalue weighted by Crippen LogP contribution is -2.38. The molecule has 0 bridgehead atoms. The Morgan fingerprint density at radius 2 is 1.83 bits per heavy atom. The Bertz CT molecular complexity index is 891. The summed E-state index contributed by atoms with van der Waals surface area (Å²) in [6.07, 6.45) is 8.57. The van der Waals surface area contributed by atoms with Gasteiger partial charge in [0.2, 0.25) is 0 Å². The first kappa shape index (κ1) is 31.1. The zero-order valence-corrected chi connectivity index (χ0v) is 22.7. The fourth-order valence-corrected chi connectivity index (χ4v) is 4.18. The van der Waals surface area contributed by atoms with Gasteiger partial charge >= 0.3 is 0 Å². The number of carbonyl (C=O) groups is 1. The molecule has 2 N–H and O–H groups in total. The highest BCUT2D eigenvalue weighted by Gasteiger charge is 2.17. The van der Waals surface area contributed by atoms with Crippen LogP contribution in [0.5, 0.6) is 5.75 Å². The number of aliphatic hydroxyl groups is 1. The highest BCUT2D eigenvalue weighted by Crippen LogP contribution is 2.28. The van der Waals surface area contributed by atoms with Crippen molar-refractivity contribution in [3.63, 3.8) is 0 Å². The minimum Gasteiger partial charge on any atom is -0.490 e. The highest BCUT2D eigenvalue weighted by atomic mass is 35.5. The van der Waals surface area contributed by atoms with Gasteiger partial charge in [-0.15, -0.1) is 29.9 Å². The molecule has 1 aromatic heterocycles. The van der Waals surface area contributed by atoms with Crippen LogP contribution in [0.15, 0.2) is 30.3 Å². The summed E-state index contributed by atoms with van der Waals surface area (Å²) >= 11 is 0. The molecule has 9 heteroatoms. The summed E-state index contributed by atoms with van der Waals surface area (Å²) in [5.41, 5.74) is 3.06. The molecule has 3 rings (SSSR count). The van der Waals surface area contributed by atoms with Crippen LogP contribution in [0.25, 0.3) is 11.1 Å². The molecule has 1 amide bonds. The zero-order chi connectivity index (χ0) is 23.6. The van der Waals surface area contributed by atoms with Crippen LogP contribution in [0.4, 0.5) is 0 Å². The summed E-state index contributed by atoms with van der Waals surface area (Å²) in [7, 11) is 3.76. The molecular weight excluding hydrogens is 487 g/mol. The monoisotopic (exact) mass is 526 g/mol. The number of rotatable bonds is 11. The molecule has 0 radical (unpaired) electrons. The maximum atomic E-state index is 12.7. The van der Waals surface area contributed by atoms with E-state index in [1.54, 1.807) is 0 Å². The quantitative estimate of drug-likeness (QED) is 0.441. The number of carbonyl (C=O) groups excluding carboxylic acids is 1. The van der Waals surface area contributed by atoms with E-state index in [-0.39, 0.29) is 43.0 Å². The lowest BCUT2D eigenvalue weighted by Gasteiger charge is -2.23. The second kappa shape index (κ2) is 15.9. The fraction of sp³-hybridized carbons (Fsp3) is 0.577. The van der Waals surface area contributed by atoms with Crippen molar-refractivity contribution in [1.82, 2.24) is 20.4 Å². The number of nitrogens with one attached hydrogen (secondary N) is 1. The lowest BCUT2D eigenvalue weighted by molar-refractivity contribution is 0.0886. The Morgan fingerprint density at radius 3 is 2.46 bits per heavy atom. The summed E-state index contributed by atoms with van der Waals surface area (Å²) < 4.78 is 6.17. The molecule has 1 aliphatic rings. The average Bonchev–Trinajstić information content (AvgIpc) is 2.82. The van der Waals surface area contributed by atoms with Gasteiger partial charge in [-0.05, 0) is 76.4 Å². The number of unbranched alkanes of at least 4 members (excludes halogenated alkanes) is 1. The van der Waals surface area contributed by atoms with E-state index in [0.717, 1.165) is 54.7 Å². The van der Waals surface area contributed by atoms with Gasteiger partial charge in [0.15, 0.2) is 5.69 Å². The number of amides is 1. The van der Waals surface area contributed by atoms with E-state index < -0.39 is 6.10 Å². The van der Waals surface area contributed by atoms with Gasteiger partial charge in [0.05, 0.1) is 17.9 Å². The van der Waals surface area contributed by atoms with Crippen LogP contribution in [0.2, 0.25) is 0 Å². The predicted octanol–water partition coefficient (Wildman–Crippen LogP) is 4.69. The Kier molecular flexibility index (Phi) is 14.2. The topological polar surface area (TPSA) is 87.6 Å². The van der Waals surface area contributed by atoms with Gasteiger partial charge in [-0.1, -0.05) is 31.9 Å². The van der Waals surface area contributed by atoms with E-state index in [4.69, 9.17) is 4.74 Å². The van der Waals surface area contributed by atoms with E-state index in [2.05, 4.69) is 22.4 Å². The van der Waals surface area contributed by atoms with Gasteiger partial charge in [0, 0.05) is 18.7 Å². The highest BCUT2D eigenvalue weighted by molar-refractivity contribution is 5.93. The molecule has 7 nitrogen and oxygen atoms in total. The van der Waals surface area contributed by atoms with Gasteiger partial charge < -0.3 is 20.1 Å². The van der Waals surface area contributed by atoms with Crippen LogP contribution in [0.3, 0.4) is 0 Å². The second-order valence-electron chi connectivity index (χ2n) is 9.22. The lowest BCUT2D eigenvalue weighted by atomic mass is 9.97. The molecule has 1 saturated carbocycles. The Hall–Kier alpha value is -1.93. The van der Waals surface area contributed by atoms with Crippen LogP contribution in [-0.4, -0.2) is 65.5 Å². The van der Waals surface area contributed by atoms with Crippen molar-refractivity contribution in [2.45, 2.75) is 70.5 Å². The third-order valence-electron chi connectivity index (χ3n) is 5.96. The van der Waals surface area contributed by atoms with Crippen molar-refractivity contribution in [2.24, 2.45) is 0 Å². The Balaban J connectivity index is 0.00000306. The maximum Gasteiger partial charge on any atom is 0.271 e. The molecule has 0 aliphatic heterocycles. The van der Waals surface area contributed by atoms with Gasteiger partial charge in [0.1, 0.15) is 5.75 Å². The minimum atomic E-state index is -0.642. The fourth-order valence-electron chi connectivity index (χ4n) is 4.18. The molecule has 0 spiro atoms. The third kappa shape index (κ3) is 9.92. The summed E-state index contributed by atoms with van der Waals surface area (Å²) in [6.45, 7) is 2.78. The van der Waals surface area contributed by atoms with Crippen LogP contribution in [-0.2, 0) is 6.42 Å². The first-order valence-electron chi connectivity index (χ1n) is 12.2. The largest absolute Gasteiger partial charge is 0.490 e. The number of likely N-dealkylation sites (N-methyl/N-ethyl adjacent to an activating group) is 1. The predicted molar refractivity (Wildman–Crippen MR) is 145 cm³/mol. The summed E-state index contributed by atoms with van der Waals surface area (Å²) in [6, 6.07) is 9.89. The molecule has 1 aliphatic carbocycles. The van der Waals surface area contributed by atoms with Gasteiger partial charge in [-0.2, -0.15) is 5.10 Å². The molecule has 35 heavy (non-hydrogen) atoms. The number of halogens is 2. The van der Waals surface area contributed by atoms with Crippen molar-refractivity contribution in [2.75, 3.05) is 27.2 Å². The molecule has 0 saturated heterocycles. The number of benzene rings is 1. The van der Waals surface area contributed by atoms with Crippen molar-refractivity contribution < 1.29 is 14.6 Å². The van der Waals surface area contributed by atoms with Crippen molar-refractivity contribution >= 4 is 30.7 Å². The van der Waals surface area contributed by atoms with Crippen molar-refractivity contribution in [3.8, 4) is 16.9 Å². The number of hydrogen-bond acceptors (Lipinski definition) is 6. The molecular formula is C26H40Cl2N4O3. The minimum absolute atomic E-state index is 0. The van der Waals surface area contributed by atoms with Crippen LogP contribution in [0, 0.1) is 0 Å². The normalized spacial score (nSPS) is 14.5. The third-order valence-corrected chi connectivity index (χ3v) is 5.96. The molecule has 1 aromatic carbocycles. The van der Waals surface area contributed by atoms with Crippen LogP contribution in [0.1, 0.15) is 68.1 Å².